The molecular weight excluding hydrogens is 557 g/mol. The fourth-order valence-corrected chi connectivity index (χ4v) is 7.11. The van der Waals surface area contributed by atoms with Gasteiger partial charge in [-0.1, -0.05) is 18.2 Å². The highest BCUT2D eigenvalue weighted by molar-refractivity contribution is 6.24. The van der Waals surface area contributed by atoms with Crippen LogP contribution in [0.25, 0.3) is 5.76 Å². The zero-order valence-electron chi connectivity index (χ0n) is 24.5. The number of rotatable bonds is 7. The number of anilines is 1. The third-order valence-corrected chi connectivity index (χ3v) is 9.11. The summed E-state index contributed by atoms with van der Waals surface area (Å²) in [6.07, 6.45) is 1.48. The van der Waals surface area contributed by atoms with E-state index in [1.54, 1.807) is 32.3 Å². The van der Waals surface area contributed by atoms with E-state index in [0.717, 1.165) is 0 Å². The summed E-state index contributed by atoms with van der Waals surface area (Å²) in [6.45, 7) is 0. The molecule has 1 amide bonds. The number of hydrogen-bond acceptors (Lipinski definition) is 9. The Bertz CT molecular complexity index is 1610. The van der Waals surface area contributed by atoms with Crippen molar-refractivity contribution in [3.05, 3.63) is 75.3 Å². The van der Waals surface area contributed by atoms with Gasteiger partial charge in [-0.05, 0) is 80.9 Å². The van der Waals surface area contributed by atoms with Crippen LogP contribution in [0.5, 0.6) is 5.75 Å². The van der Waals surface area contributed by atoms with Gasteiger partial charge in [0.15, 0.2) is 11.4 Å². The van der Waals surface area contributed by atoms with Gasteiger partial charge in [0.25, 0.3) is 5.91 Å². The molecule has 0 saturated heterocycles. The Morgan fingerprint density at radius 3 is 2.33 bits per heavy atom. The van der Waals surface area contributed by atoms with Crippen LogP contribution in [0.1, 0.15) is 35.1 Å². The van der Waals surface area contributed by atoms with E-state index >= 15 is 0 Å². The molecule has 5 rings (SSSR count). The van der Waals surface area contributed by atoms with Crippen molar-refractivity contribution in [2.75, 3.05) is 33.1 Å². The summed E-state index contributed by atoms with van der Waals surface area (Å²) in [4.78, 5) is 42.8. The number of carbonyl (C=O) groups is 3. The number of halogens is 1. The minimum atomic E-state index is -2.69. The van der Waals surface area contributed by atoms with E-state index in [9.17, 15) is 39.2 Å². The quantitative estimate of drug-likeness (QED) is 0.303. The number of phenols is 1. The van der Waals surface area contributed by atoms with Crippen molar-refractivity contribution in [1.82, 2.24) is 4.90 Å². The molecule has 6 N–H and O–H groups in total. The van der Waals surface area contributed by atoms with Gasteiger partial charge in [-0.25, -0.2) is 4.39 Å². The lowest BCUT2D eigenvalue weighted by Crippen LogP contribution is -2.65. The number of aliphatic hydroxyl groups excluding tert-OH is 2. The van der Waals surface area contributed by atoms with E-state index in [0.29, 0.717) is 41.6 Å². The maximum Gasteiger partial charge on any atom is 0.255 e. The van der Waals surface area contributed by atoms with Crippen LogP contribution in [0.4, 0.5) is 10.1 Å². The number of likely N-dealkylation sites (N-methyl/N-ethyl adjacent to an activating group) is 1. The predicted molar refractivity (Wildman–Crippen MR) is 157 cm³/mol. The largest absolute Gasteiger partial charge is 0.508 e. The summed E-state index contributed by atoms with van der Waals surface area (Å²) in [5, 5.41) is 45.9. The number of primary amides is 1. The Morgan fingerprint density at radius 1 is 1.07 bits per heavy atom. The molecule has 0 spiro atoms. The summed E-state index contributed by atoms with van der Waals surface area (Å²) in [5.41, 5.74) is 4.01. The maximum absolute atomic E-state index is 14.2. The highest BCUT2D eigenvalue weighted by Crippen LogP contribution is 2.54. The first-order valence-electron chi connectivity index (χ1n) is 14.1. The molecule has 0 heterocycles. The van der Waals surface area contributed by atoms with Gasteiger partial charge in [0.2, 0.25) is 5.78 Å². The number of aromatic hydroxyl groups is 1. The molecule has 2 aromatic rings. The smallest absolute Gasteiger partial charge is 0.255 e. The van der Waals surface area contributed by atoms with Crippen molar-refractivity contribution < 1.29 is 39.2 Å². The Balaban J connectivity index is 1.62. The second kappa shape index (κ2) is 10.8. The molecule has 0 unspecified atom stereocenters. The van der Waals surface area contributed by atoms with Gasteiger partial charge in [0.1, 0.15) is 28.7 Å². The van der Waals surface area contributed by atoms with E-state index < -0.39 is 58.0 Å². The molecule has 0 aromatic heterocycles. The highest BCUT2D eigenvalue weighted by Gasteiger charge is 2.64. The third kappa shape index (κ3) is 4.58. The van der Waals surface area contributed by atoms with Crippen molar-refractivity contribution in [2.45, 2.75) is 43.7 Å². The predicted octanol–water partition coefficient (Wildman–Crippen LogP) is 2.34. The molecule has 43 heavy (non-hydrogen) atoms. The van der Waals surface area contributed by atoms with E-state index in [1.165, 1.54) is 11.0 Å². The number of phenolic OH excluding ortho intramolecular Hbond substituents is 1. The van der Waals surface area contributed by atoms with Crippen LogP contribution in [-0.2, 0) is 33.6 Å². The van der Waals surface area contributed by atoms with Crippen molar-refractivity contribution in [2.24, 2.45) is 17.6 Å². The van der Waals surface area contributed by atoms with Crippen LogP contribution in [0, 0.1) is 17.7 Å². The number of fused-ring (bicyclic) bond motifs is 3. The SMILES string of the molecule is CN(C)c1cc(CCCc2ccccc2F)c(O)c2c1C[C@H]1C[C@H]3[C@@H](N(C)C)C(=O)C(C(N)=O)=C(O)[C@@]3(O)C(=O)C1=C2O. The number of nitrogens with zero attached hydrogens (tertiary/aromatic N) is 2. The molecule has 0 radical (unpaired) electrons. The summed E-state index contributed by atoms with van der Waals surface area (Å²) in [5.74, 6) is -7.13. The second-order valence-corrected chi connectivity index (χ2v) is 12.1. The van der Waals surface area contributed by atoms with Gasteiger partial charge in [0.05, 0.1) is 11.6 Å². The average molecular weight is 594 g/mol. The fraction of sp³-hybridized carbons (Fsp3) is 0.406. The second-order valence-electron chi connectivity index (χ2n) is 12.1. The van der Waals surface area contributed by atoms with Crippen LogP contribution in [0.3, 0.4) is 0 Å². The first-order chi connectivity index (χ1) is 20.2. The number of nitrogens with two attached hydrogens (primary N) is 1. The summed E-state index contributed by atoms with van der Waals surface area (Å²) in [7, 11) is 6.74. The maximum atomic E-state index is 14.2. The molecular formula is C32H36FN3O7. The number of amides is 1. The molecule has 1 saturated carbocycles. The number of carbonyl (C=O) groups excluding carboxylic acids is 3. The van der Waals surface area contributed by atoms with E-state index in [1.807, 2.05) is 25.1 Å². The van der Waals surface area contributed by atoms with Gasteiger partial charge >= 0.3 is 0 Å². The summed E-state index contributed by atoms with van der Waals surface area (Å²) < 4.78 is 14.2. The highest BCUT2D eigenvalue weighted by atomic mass is 19.1. The minimum Gasteiger partial charge on any atom is -0.508 e. The van der Waals surface area contributed by atoms with Gasteiger partial charge in [0, 0.05) is 31.3 Å². The van der Waals surface area contributed by atoms with E-state index in [2.05, 4.69) is 0 Å². The summed E-state index contributed by atoms with van der Waals surface area (Å²) >= 11 is 0. The van der Waals surface area contributed by atoms with Crippen molar-refractivity contribution in [3.8, 4) is 5.75 Å². The van der Waals surface area contributed by atoms with E-state index in [-0.39, 0.29) is 35.5 Å². The number of Topliss-reactive ketones (excluding diaryl/α,β-unsaturated/α-hetero) is 2. The zero-order valence-corrected chi connectivity index (χ0v) is 24.5. The van der Waals surface area contributed by atoms with Crippen LogP contribution < -0.4 is 10.6 Å². The lowest BCUT2D eigenvalue weighted by Gasteiger charge is -2.50. The zero-order chi connectivity index (χ0) is 31.5. The Labute approximate surface area is 248 Å². The number of hydrogen-bond donors (Lipinski definition) is 5. The monoisotopic (exact) mass is 593 g/mol. The minimum absolute atomic E-state index is 0.0176. The number of benzene rings is 2. The molecule has 2 aromatic carbocycles. The number of aliphatic hydroxyl groups is 3. The lowest BCUT2D eigenvalue weighted by atomic mass is 9.57. The average Bonchev–Trinajstić information content (AvgIpc) is 2.92. The Morgan fingerprint density at radius 2 is 1.72 bits per heavy atom. The number of ketones is 2. The van der Waals surface area contributed by atoms with E-state index in [4.69, 9.17) is 5.73 Å². The molecule has 1 fully saturated rings. The van der Waals surface area contributed by atoms with Crippen molar-refractivity contribution in [3.63, 3.8) is 0 Å². The molecule has 0 bridgehead atoms. The van der Waals surface area contributed by atoms with Crippen LogP contribution >= 0.6 is 0 Å². The molecule has 0 aliphatic heterocycles. The molecule has 11 heteroatoms. The Kier molecular flexibility index (Phi) is 7.60. The van der Waals surface area contributed by atoms with Gasteiger partial charge in [-0.15, -0.1) is 0 Å². The first-order valence-corrected chi connectivity index (χ1v) is 14.1. The Hall–Kier alpha value is -4.22. The molecule has 4 atom stereocenters. The molecule has 3 aliphatic carbocycles. The fourth-order valence-electron chi connectivity index (χ4n) is 7.11. The standard InChI is InChI=1S/C32H36FN3O7/c1-35(2)21-14-16(10-7-9-15-8-5-6-11-20(15)33)26(37)23-18(21)12-17-13-19-25(36(3)4)28(39)24(31(34)42)30(41)32(19,43)29(40)22(17)27(23)38/h5-6,8,11,14,17,19,25,37-38,41,43H,7,9-10,12-13H2,1-4H3,(H2,34,42)/t17-,19-,25+,32-/m0/s1. The van der Waals surface area contributed by atoms with Crippen LogP contribution in [-0.4, -0.2) is 82.6 Å². The van der Waals surface area contributed by atoms with Gasteiger partial charge in [-0.2, -0.15) is 0 Å². The third-order valence-electron chi connectivity index (χ3n) is 9.11. The summed E-state index contributed by atoms with van der Waals surface area (Å²) in [6, 6.07) is 7.12. The van der Waals surface area contributed by atoms with Crippen molar-refractivity contribution in [1.29, 1.82) is 0 Å². The van der Waals surface area contributed by atoms with Gasteiger partial charge < -0.3 is 31.1 Å². The molecule has 228 valence electrons. The lowest BCUT2D eigenvalue weighted by molar-refractivity contribution is -0.153. The van der Waals surface area contributed by atoms with Crippen LogP contribution in [0.15, 0.2) is 47.2 Å². The topological polar surface area (TPSA) is 165 Å². The number of aryl methyl sites for hydroxylation is 2. The van der Waals surface area contributed by atoms with Gasteiger partial charge in [-0.3, -0.25) is 19.3 Å². The first kappa shape index (κ1) is 30.2. The van der Waals surface area contributed by atoms with Crippen molar-refractivity contribution >= 4 is 28.9 Å². The molecule has 10 nitrogen and oxygen atoms in total. The normalized spacial score (nSPS) is 25.0. The molecule has 3 aliphatic rings. The van der Waals surface area contributed by atoms with Crippen LogP contribution in [0.2, 0.25) is 0 Å².